The highest BCUT2D eigenvalue weighted by molar-refractivity contribution is 6.36. The topological polar surface area (TPSA) is 30.9 Å². The van der Waals surface area contributed by atoms with Crippen LogP contribution in [0.4, 0.5) is 5.69 Å². The second-order valence-corrected chi connectivity index (χ2v) is 3.24. The third-order valence-electron chi connectivity index (χ3n) is 2.00. The maximum atomic E-state index is 5.98. The molecule has 70 valence electrons. The van der Waals surface area contributed by atoms with Crippen molar-refractivity contribution in [1.82, 2.24) is 4.57 Å². The van der Waals surface area contributed by atoms with Gasteiger partial charge in [-0.3, -0.25) is 0 Å². The number of anilines is 1. The van der Waals surface area contributed by atoms with E-state index in [1.807, 2.05) is 36.0 Å². The molecule has 0 aliphatic heterocycles. The van der Waals surface area contributed by atoms with Crippen LogP contribution >= 0.6 is 24.0 Å². The van der Waals surface area contributed by atoms with Gasteiger partial charge in [0.2, 0.25) is 0 Å². The lowest BCUT2D eigenvalue weighted by molar-refractivity contribution is 0.969. The lowest BCUT2D eigenvalue weighted by Gasteiger charge is -1.97. The van der Waals surface area contributed by atoms with Crippen molar-refractivity contribution >= 4 is 40.6 Å². The van der Waals surface area contributed by atoms with E-state index in [1.165, 1.54) is 0 Å². The minimum Gasteiger partial charge on any atom is -0.398 e. The van der Waals surface area contributed by atoms with Crippen LogP contribution in [-0.2, 0) is 7.05 Å². The first kappa shape index (κ1) is 10.2. The number of nitrogens with two attached hydrogens (primary N) is 1. The van der Waals surface area contributed by atoms with Gasteiger partial charge in [0.1, 0.15) is 0 Å². The normalized spacial score (nSPS) is 10.0. The molecule has 0 unspecified atom stereocenters. The Balaban J connectivity index is 0.000000845. The predicted molar refractivity (Wildman–Crippen MR) is 59.6 cm³/mol. The van der Waals surface area contributed by atoms with E-state index in [9.17, 15) is 0 Å². The lowest BCUT2D eigenvalue weighted by atomic mass is 10.2. The van der Waals surface area contributed by atoms with Crippen molar-refractivity contribution < 1.29 is 0 Å². The summed E-state index contributed by atoms with van der Waals surface area (Å²) >= 11 is 5.98. The summed E-state index contributed by atoms with van der Waals surface area (Å²) in [6, 6.07) is 5.78. The number of halogens is 2. The standard InChI is InChI=1S/C9H9ClN2.ClH/c1-12-5-6(10)9-7(11)3-2-4-8(9)12;/h2-5H,11H2,1H3;1H. The summed E-state index contributed by atoms with van der Waals surface area (Å²) < 4.78 is 1.97. The van der Waals surface area contributed by atoms with E-state index in [1.54, 1.807) is 0 Å². The lowest BCUT2D eigenvalue weighted by Crippen LogP contribution is -1.87. The van der Waals surface area contributed by atoms with Crippen molar-refractivity contribution in [3.63, 3.8) is 0 Å². The van der Waals surface area contributed by atoms with Gasteiger partial charge in [-0.1, -0.05) is 17.7 Å². The second-order valence-electron chi connectivity index (χ2n) is 2.83. The molecule has 2 N–H and O–H groups in total. The fourth-order valence-electron chi connectivity index (χ4n) is 1.42. The Morgan fingerprint density at radius 2 is 2.08 bits per heavy atom. The van der Waals surface area contributed by atoms with Gasteiger partial charge < -0.3 is 10.3 Å². The molecule has 0 spiro atoms. The van der Waals surface area contributed by atoms with Crippen LogP contribution in [0.25, 0.3) is 10.9 Å². The number of benzene rings is 1. The Labute approximate surface area is 87.7 Å². The van der Waals surface area contributed by atoms with E-state index in [2.05, 4.69) is 0 Å². The molecule has 1 heterocycles. The van der Waals surface area contributed by atoms with E-state index in [0.717, 1.165) is 16.6 Å². The molecule has 0 bridgehead atoms. The molecule has 0 saturated carbocycles. The Morgan fingerprint density at radius 1 is 1.38 bits per heavy atom. The van der Waals surface area contributed by atoms with Gasteiger partial charge in [-0.2, -0.15) is 0 Å². The fraction of sp³-hybridized carbons (Fsp3) is 0.111. The monoisotopic (exact) mass is 216 g/mol. The van der Waals surface area contributed by atoms with Gasteiger partial charge >= 0.3 is 0 Å². The molecule has 0 fully saturated rings. The summed E-state index contributed by atoms with van der Waals surface area (Å²) in [4.78, 5) is 0. The smallest absolute Gasteiger partial charge is 0.0682 e. The molecule has 0 atom stereocenters. The van der Waals surface area contributed by atoms with Gasteiger partial charge in [0.05, 0.1) is 10.5 Å². The van der Waals surface area contributed by atoms with Gasteiger partial charge in [0.25, 0.3) is 0 Å². The molecule has 1 aromatic carbocycles. The molecule has 13 heavy (non-hydrogen) atoms. The van der Waals surface area contributed by atoms with Crippen molar-refractivity contribution in [3.8, 4) is 0 Å². The van der Waals surface area contributed by atoms with Crippen molar-refractivity contribution in [2.75, 3.05) is 5.73 Å². The van der Waals surface area contributed by atoms with E-state index in [-0.39, 0.29) is 12.4 Å². The molecule has 2 rings (SSSR count). The van der Waals surface area contributed by atoms with Gasteiger partial charge in [-0.05, 0) is 12.1 Å². The van der Waals surface area contributed by atoms with E-state index in [4.69, 9.17) is 17.3 Å². The summed E-state index contributed by atoms with van der Waals surface area (Å²) in [5.41, 5.74) is 7.58. The van der Waals surface area contributed by atoms with E-state index in [0.29, 0.717) is 5.02 Å². The summed E-state index contributed by atoms with van der Waals surface area (Å²) in [5, 5.41) is 1.66. The molecule has 2 aromatic rings. The molecule has 0 amide bonds. The summed E-state index contributed by atoms with van der Waals surface area (Å²) in [6.07, 6.45) is 1.86. The molecule has 0 saturated heterocycles. The third-order valence-corrected chi connectivity index (χ3v) is 2.29. The molecule has 2 nitrogen and oxygen atoms in total. The molecular weight excluding hydrogens is 207 g/mol. The summed E-state index contributed by atoms with van der Waals surface area (Å²) in [5.74, 6) is 0. The van der Waals surface area contributed by atoms with Gasteiger partial charge in [0.15, 0.2) is 0 Å². The number of rotatable bonds is 0. The molecule has 0 radical (unpaired) electrons. The number of nitrogen functional groups attached to an aromatic ring is 1. The highest BCUT2D eigenvalue weighted by atomic mass is 35.5. The Kier molecular flexibility index (Phi) is 2.74. The summed E-state index contributed by atoms with van der Waals surface area (Å²) in [7, 11) is 1.95. The van der Waals surface area contributed by atoms with Gasteiger partial charge in [-0.25, -0.2) is 0 Å². The molecule has 4 heteroatoms. The van der Waals surface area contributed by atoms with Crippen molar-refractivity contribution in [1.29, 1.82) is 0 Å². The molecular formula is C9H10Cl2N2. The van der Waals surface area contributed by atoms with E-state index < -0.39 is 0 Å². The maximum Gasteiger partial charge on any atom is 0.0682 e. The number of fused-ring (bicyclic) bond motifs is 1. The minimum absolute atomic E-state index is 0. The van der Waals surface area contributed by atoms with Crippen molar-refractivity contribution in [2.24, 2.45) is 7.05 Å². The average Bonchev–Trinajstić information content (AvgIpc) is 2.29. The zero-order chi connectivity index (χ0) is 8.72. The van der Waals surface area contributed by atoms with Crippen LogP contribution in [-0.4, -0.2) is 4.57 Å². The largest absolute Gasteiger partial charge is 0.398 e. The van der Waals surface area contributed by atoms with Gasteiger partial charge in [0, 0.05) is 24.3 Å². The van der Waals surface area contributed by atoms with Crippen LogP contribution in [0.1, 0.15) is 0 Å². The van der Waals surface area contributed by atoms with Crippen LogP contribution in [0.15, 0.2) is 24.4 Å². The number of aryl methyl sites for hydroxylation is 1. The highest BCUT2D eigenvalue weighted by Gasteiger charge is 2.05. The van der Waals surface area contributed by atoms with Crippen molar-refractivity contribution in [2.45, 2.75) is 0 Å². The number of hydrogen-bond donors (Lipinski definition) is 1. The SMILES string of the molecule is Cl.Cn1cc(Cl)c2c(N)cccc21. The van der Waals surface area contributed by atoms with E-state index >= 15 is 0 Å². The van der Waals surface area contributed by atoms with Crippen LogP contribution in [0.5, 0.6) is 0 Å². The Hall–Kier alpha value is -0.860. The third kappa shape index (κ3) is 1.47. The molecule has 1 aromatic heterocycles. The number of nitrogens with zero attached hydrogens (tertiary/aromatic N) is 1. The highest BCUT2D eigenvalue weighted by Crippen LogP contribution is 2.29. The van der Waals surface area contributed by atoms with Crippen LogP contribution in [0.3, 0.4) is 0 Å². The number of hydrogen-bond acceptors (Lipinski definition) is 1. The average molecular weight is 217 g/mol. The zero-order valence-electron chi connectivity index (χ0n) is 7.12. The first-order valence-electron chi connectivity index (χ1n) is 3.69. The Bertz CT molecular complexity index is 434. The van der Waals surface area contributed by atoms with Crippen LogP contribution < -0.4 is 5.73 Å². The predicted octanol–water partition coefficient (Wildman–Crippen LogP) is 2.84. The second kappa shape index (κ2) is 3.48. The van der Waals surface area contributed by atoms with Crippen LogP contribution in [0.2, 0.25) is 5.02 Å². The van der Waals surface area contributed by atoms with Crippen LogP contribution in [0, 0.1) is 0 Å². The molecule has 0 aliphatic rings. The zero-order valence-corrected chi connectivity index (χ0v) is 8.69. The maximum absolute atomic E-state index is 5.98. The quantitative estimate of drug-likeness (QED) is 0.676. The molecule has 0 aliphatic carbocycles. The first-order valence-corrected chi connectivity index (χ1v) is 4.07. The van der Waals surface area contributed by atoms with Gasteiger partial charge in [-0.15, -0.1) is 12.4 Å². The number of aromatic nitrogens is 1. The summed E-state index contributed by atoms with van der Waals surface area (Å²) in [6.45, 7) is 0. The first-order chi connectivity index (χ1) is 5.70. The van der Waals surface area contributed by atoms with Crippen molar-refractivity contribution in [3.05, 3.63) is 29.4 Å². The Morgan fingerprint density at radius 3 is 2.69 bits per heavy atom. The fourth-order valence-corrected chi connectivity index (χ4v) is 1.77. The minimum atomic E-state index is 0.